The van der Waals surface area contributed by atoms with Crippen LogP contribution in [0.5, 0.6) is 5.75 Å². The molecule has 0 bridgehead atoms. The molecule has 1 heterocycles. The lowest BCUT2D eigenvalue weighted by molar-refractivity contribution is -0.131. The van der Waals surface area contributed by atoms with E-state index in [9.17, 15) is 4.79 Å². The van der Waals surface area contributed by atoms with Crippen molar-refractivity contribution in [2.75, 3.05) is 7.11 Å². The number of cyclic esters (lactones) is 1. The van der Waals surface area contributed by atoms with Gasteiger partial charge in [0.2, 0.25) is 0 Å². The van der Waals surface area contributed by atoms with Crippen LogP contribution >= 0.6 is 0 Å². The maximum atomic E-state index is 12.0. The molecule has 1 aliphatic rings. The smallest absolute Gasteiger partial charge is 0.344 e. The van der Waals surface area contributed by atoms with Crippen LogP contribution in [0.25, 0.3) is 11.6 Å². The van der Waals surface area contributed by atoms with Crippen LogP contribution in [0, 0.1) is 0 Å². The zero-order valence-corrected chi connectivity index (χ0v) is 11.6. The van der Waals surface area contributed by atoms with E-state index >= 15 is 0 Å². The van der Waals surface area contributed by atoms with Crippen molar-refractivity contribution in [3.8, 4) is 5.75 Å². The summed E-state index contributed by atoms with van der Waals surface area (Å²) in [7, 11) is 1.61. The second kappa shape index (κ2) is 5.67. The van der Waals surface area contributed by atoms with Crippen molar-refractivity contribution in [3.63, 3.8) is 0 Å². The van der Waals surface area contributed by atoms with E-state index in [0.29, 0.717) is 11.3 Å². The molecule has 2 aromatic rings. The molecule has 0 N–H and O–H groups in total. The van der Waals surface area contributed by atoms with Gasteiger partial charge in [-0.3, -0.25) is 0 Å². The molecule has 0 spiro atoms. The van der Waals surface area contributed by atoms with Crippen molar-refractivity contribution in [1.82, 2.24) is 0 Å². The minimum Gasteiger partial charge on any atom is -0.497 e. The molecule has 0 saturated heterocycles. The van der Waals surface area contributed by atoms with Gasteiger partial charge in [0.15, 0.2) is 0 Å². The minimum atomic E-state index is -0.331. The van der Waals surface area contributed by atoms with Gasteiger partial charge in [0.1, 0.15) is 11.5 Å². The third-order valence-electron chi connectivity index (χ3n) is 3.23. The molecule has 104 valence electrons. The molecular formula is C18H14O3. The van der Waals surface area contributed by atoms with Crippen LogP contribution in [0.1, 0.15) is 11.1 Å². The van der Waals surface area contributed by atoms with Gasteiger partial charge in [-0.25, -0.2) is 4.79 Å². The number of carbonyl (C=O) groups is 1. The van der Waals surface area contributed by atoms with Gasteiger partial charge in [-0.15, -0.1) is 0 Å². The second-order valence-corrected chi connectivity index (χ2v) is 4.63. The summed E-state index contributed by atoms with van der Waals surface area (Å²) in [5.74, 6) is 0.977. The summed E-state index contributed by atoms with van der Waals surface area (Å²) in [6.07, 6.45) is 3.60. The van der Waals surface area contributed by atoms with Crippen molar-refractivity contribution in [1.29, 1.82) is 0 Å². The summed E-state index contributed by atoms with van der Waals surface area (Å²) >= 11 is 0. The van der Waals surface area contributed by atoms with E-state index in [0.717, 1.165) is 16.9 Å². The van der Waals surface area contributed by atoms with Gasteiger partial charge in [-0.2, -0.15) is 0 Å². The molecule has 2 aromatic carbocycles. The third kappa shape index (κ3) is 2.87. The summed E-state index contributed by atoms with van der Waals surface area (Å²) in [5, 5.41) is 0. The Morgan fingerprint density at radius 3 is 2.38 bits per heavy atom. The lowest BCUT2D eigenvalue weighted by Crippen LogP contribution is -1.98. The van der Waals surface area contributed by atoms with Gasteiger partial charge >= 0.3 is 5.97 Å². The Hall–Kier alpha value is -2.81. The van der Waals surface area contributed by atoms with Gasteiger partial charge in [-0.1, -0.05) is 42.5 Å². The molecule has 0 radical (unpaired) electrons. The van der Waals surface area contributed by atoms with Gasteiger partial charge in [0.05, 0.1) is 12.7 Å². The predicted octanol–water partition coefficient (Wildman–Crippen LogP) is 3.68. The molecule has 3 heteroatoms. The number of hydrogen-bond donors (Lipinski definition) is 0. The van der Waals surface area contributed by atoms with Crippen molar-refractivity contribution >= 4 is 17.6 Å². The largest absolute Gasteiger partial charge is 0.497 e. The first-order valence-electron chi connectivity index (χ1n) is 6.61. The first-order chi connectivity index (χ1) is 10.3. The quantitative estimate of drug-likeness (QED) is 0.803. The fourth-order valence-electron chi connectivity index (χ4n) is 2.15. The van der Waals surface area contributed by atoms with E-state index in [1.165, 1.54) is 0 Å². The van der Waals surface area contributed by atoms with Gasteiger partial charge in [0.25, 0.3) is 0 Å². The fourth-order valence-corrected chi connectivity index (χ4v) is 2.15. The van der Waals surface area contributed by atoms with Crippen LogP contribution in [-0.2, 0) is 9.53 Å². The normalized spacial score (nSPS) is 15.8. The lowest BCUT2D eigenvalue weighted by Gasteiger charge is -2.02. The number of hydrogen-bond acceptors (Lipinski definition) is 3. The van der Waals surface area contributed by atoms with E-state index in [1.807, 2.05) is 60.7 Å². The van der Waals surface area contributed by atoms with Crippen LogP contribution in [0.4, 0.5) is 0 Å². The Kier molecular flexibility index (Phi) is 3.56. The van der Waals surface area contributed by atoms with Gasteiger partial charge in [0, 0.05) is 0 Å². The highest BCUT2D eigenvalue weighted by Gasteiger charge is 2.22. The van der Waals surface area contributed by atoms with Crippen molar-refractivity contribution < 1.29 is 14.3 Å². The number of ether oxygens (including phenoxy) is 2. The summed E-state index contributed by atoms with van der Waals surface area (Å²) in [5.41, 5.74) is 2.37. The molecule has 0 atom stereocenters. The Balaban J connectivity index is 1.90. The van der Waals surface area contributed by atoms with E-state index in [1.54, 1.807) is 13.2 Å². The zero-order chi connectivity index (χ0) is 14.7. The Morgan fingerprint density at radius 2 is 1.71 bits per heavy atom. The highest BCUT2D eigenvalue weighted by atomic mass is 16.5. The van der Waals surface area contributed by atoms with E-state index in [2.05, 4.69) is 0 Å². The SMILES string of the molecule is COc1ccc(C2=C/C(=C/c3ccccc3)OC2=O)cc1. The van der Waals surface area contributed by atoms with Gasteiger partial charge < -0.3 is 9.47 Å². The van der Waals surface area contributed by atoms with Crippen LogP contribution in [0.3, 0.4) is 0 Å². The van der Waals surface area contributed by atoms with Gasteiger partial charge in [-0.05, 0) is 35.4 Å². The Labute approximate surface area is 123 Å². The Morgan fingerprint density at radius 1 is 1.00 bits per heavy atom. The molecule has 0 unspecified atom stereocenters. The summed E-state index contributed by atoms with van der Waals surface area (Å²) < 4.78 is 10.4. The monoisotopic (exact) mass is 278 g/mol. The molecule has 0 saturated carbocycles. The summed E-state index contributed by atoms with van der Waals surface area (Å²) in [6.45, 7) is 0. The predicted molar refractivity (Wildman–Crippen MR) is 81.5 cm³/mol. The molecule has 21 heavy (non-hydrogen) atoms. The number of carbonyl (C=O) groups excluding carboxylic acids is 1. The Bertz CT molecular complexity index is 710. The molecule has 0 fully saturated rings. The molecule has 0 amide bonds. The van der Waals surface area contributed by atoms with E-state index in [-0.39, 0.29) is 5.97 Å². The molecule has 3 nitrogen and oxygen atoms in total. The van der Waals surface area contributed by atoms with Crippen molar-refractivity contribution in [3.05, 3.63) is 77.6 Å². The number of methoxy groups -OCH3 is 1. The number of esters is 1. The third-order valence-corrected chi connectivity index (χ3v) is 3.23. The number of rotatable bonds is 3. The standard InChI is InChI=1S/C18H14O3/c1-20-15-9-7-14(8-10-15)17-12-16(21-18(17)19)11-13-5-3-2-4-6-13/h2-12H,1H3/b16-11-. The van der Waals surface area contributed by atoms with Crippen LogP contribution < -0.4 is 4.74 Å². The first kappa shape index (κ1) is 13.2. The average molecular weight is 278 g/mol. The van der Waals surface area contributed by atoms with Crippen molar-refractivity contribution in [2.45, 2.75) is 0 Å². The van der Waals surface area contributed by atoms with E-state index < -0.39 is 0 Å². The highest BCUT2D eigenvalue weighted by Crippen LogP contribution is 2.28. The lowest BCUT2D eigenvalue weighted by atomic mass is 10.1. The zero-order valence-electron chi connectivity index (χ0n) is 11.6. The highest BCUT2D eigenvalue weighted by molar-refractivity contribution is 6.19. The molecule has 0 aromatic heterocycles. The summed E-state index contributed by atoms with van der Waals surface area (Å²) in [4.78, 5) is 12.0. The molecule has 0 aliphatic carbocycles. The maximum absolute atomic E-state index is 12.0. The average Bonchev–Trinajstić information content (AvgIpc) is 2.89. The topological polar surface area (TPSA) is 35.5 Å². The number of benzene rings is 2. The van der Waals surface area contributed by atoms with E-state index in [4.69, 9.17) is 9.47 Å². The fraction of sp³-hybridized carbons (Fsp3) is 0.0556. The van der Waals surface area contributed by atoms with Crippen LogP contribution in [0.15, 0.2) is 66.4 Å². The molecule has 1 aliphatic heterocycles. The van der Waals surface area contributed by atoms with Crippen molar-refractivity contribution in [2.24, 2.45) is 0 Å². The first-order valence-corrected chi connectivity index (χ1v) is 6.61. The maximum Gasteiger partial charge on any atom is 0.344 e. The minimum absolute atomic E-state index is 0.331. The van der Waals surface area contributed by atoms with Crippen LogP contribution in [0.2, 0.25) is 0 Å². The molecule has 3 rings (SSSR count). The second-order valence-electron chi connectivity index (χ2n) is 4.63. The number of allylic oxidation sites excluding steroid dienone is 1. The molecular weight excluding hydrogens is 264 g/mol. The summed E-state index contributed by atoms with van der Waals surface area (Å²) in [6, 6.07) is 17.1. The van der Waals surface area contributed by atoms with Crippen LogP contribution in [-0.4, -0.2) is 13.1 Å².